The van der Waals surface area contributed by atoms with Crippen LogP contribution in [-0.4, -0.2) is 98.3 Å². The maximum Gasteiger partial charge on any atom is 0.318 e. The molecule has 3 amide bonds. The van der Waals surface area contributed by atoms with Gasteiger partial charge in [0.25, 0.3) is 0 Å². The van der Waals surface area contributed by atoms with Crippen LogP contribution in [0.25, 0.3) is 0 Å². The van der Waals surface area contributed by atoms with Crippen LogP contribution in [0.3, 0.4) is 0 Å². The summed E-state index contributed by atoms with van der Waals surface area (Å²) in [6.45, 7) is 10.7. The number of carbonyl (C=O) groups is 3. The van der Waals surface area contributed by atoms with Crippen LogP contribution in [0, 0.1) is 5.41 Å². The van der Waals surface area contributed by atoms with Crippen LogP contribution in [0.2, 0.25) is 0 Å². The first-order chi connectivity index (χ1) is 14.2. The van der Waals surface area contributed by atoms with Gasteiger partial charge in [0.05, 0.1) is 19.3 Å². The van der Waals surface area contributed by atoms with Crippen molar-refractivity contribution >= 4 is 17.7 Å². The van der Waals surface area contributed by atoms with E-state index in [0.29, 0.717) is 39.3 Å². The van der Waals surface area contributed by atoms with Gasteiger partial charge in [-0.05, 0) is 37.8 Å². The van der Waals surface area contributed by atoms with Crippen molar-refractivity contribution in [2.24, 2.45) is 5.41 Å². The molecule has 3 aliphatic rings. The lowest BCUT2D eigenvalue weighted by molar-refractivity contribution is -0.128. The number of ether oxygens (including phenoxy) is 2. The zero-order valence-corrected chi connectivity index (χ0v) is 18.4. The molecule has 9 heteroatoms. The molecule has 170 valence electrons. The Bertz CT molecular complexity index is 623. The number of morpholine rings is 1. The lowest BCUT2D eigenvalue weighted by Crippen LogP contribution is -2.58. The smallest absolute Gasteiger partial charge is 0.318 e. The maximum absolute atomic E-state index is 13.1. The highest BCUT2D eigenvalue weighted by atomic mass is 16.5. The van der Waals surface area contributed by atoms with E-state index >= 15 is 0 Å². The molecular formula is C21H36N4O5. The maximum atomic E-state index is 13.1. The summed E-state index contributed by atoms with van der Waals surface area (Å²) in [5.74, 6) is -0.441. The van der Waals surface area contributed by atoms with E-state index < -0.39 is 12.1 Å². The highest BCUT2D eigenvalue weighted by Gasteiger charge is 2.40. The third-order valence-electron chi connectivity index (χ3n) is 5.82. The normalized spacial score (nSPS) is 26.6. The number of nitrogens with one attached hydrogen (secondary N) is 2. The van der Waals surface area contributed by atoms with E-state index in [1.54, 1.807) is 4.90 Å². The van der Waals surface area contributed by atoms with Crippen molar-refractivity contribution in [3.63, 3.8) is 0 Å². The lowest BCUT2D eigenvalue weighted by atomic mass is 9.87. The van der Waals surface area contributed by atoms with Gasteiger partial charge >= 0.3 is 6.03 Å². The molecule has 2 unspecified atom stereocenters. The summed E-state index contributed by atoms with van der Waals surface area (Å²) in [6.07, 6.45) is 2.43. The van der Waals surface area contributed by atoms with Crippen LogP contribution in [-0.2, 0) is 19.1 Å². The number of hydrogen-bond acceptors (Lipinski definition) is 6. The van der Waals surface area contributed by atoms with Crippen LogP contribution in [0.1, 0.15) is 40.0 Å². The monoisotopic (exact) mass is 424 g/mol. The standard InChI is InChI=1S/C21H36N4O5/c1-21(2,3)12-15(22-20(28)25-8-10-29-11-9-25)19(27)23-18-16(26)14-30-17(18)13-24-6-4-5-7-24/h15,17-18H,4-14H2,1-3H3,(H,22,28)(H,23,27)/t15-,17?,18?/m0/s1. The zero-order valence-electron chi connectivity index (χ0n) is 18.4. The Morgan fingerprint density at radius 3 is 2.43 bits per heavy atom. The van der Waals surface area contributed by atoms with Crippen molar-refractivity contribution in [1.29, 1.82) is 0 Å². The van der Waals surface area contributed by atoms with E-state index in [1.165, 1.54) is 0 Å². The Kier molecular flexibility index (Phi) is 7.70. The highest BCUT2D eigenvalue weighted by molar-refractivity contribution is 5.94. The van der Waals surface area contributed by atoms with Crippen LogP contribution < -0.4 is 10.6 Å². The quantitative estimate of drug-likeness (QED) is 0.640. The van der Waals surface area contributed by atoms with Crippen LogP contribution in [0.15, 0.2) is 0 Å². The van der Waals surface area contributed by atoms with Crippen LogP contribution >= 0.6 is 0 Å². The van der Waals surface area contributed by atoms with Gasteiger partial charge in [-0.3, -0.25) is 9.59 Å². The predicted molar refractivity (Wildman–Crippen MR) is 111 cm³/mol. The second-order valence-electron chi connectivity index (χ2n) is 9.68. The summed E-state index contributed by atoms with van der Waals surface area (Å²) in [6, 6.07) is -1.66. The fourth-order valence-corrected chi connectivity index (χ4v) is 4.22. The molecule has 0 aromatic carbocycles. The summed E-state index contributed by atoms with van der Waals surface area (Å²) in [7, 11) is 0. The Labute approximate surface area is 178 Å². The van der Waals surface area contributed by atoms with Crippen molar-refractivity contribution in [1.82, 2.24) is 20.4 Å². The second kappa shape index (κ2) is 10.1. The van der Waals surface area contributed by atoms with Gasteiger partial charge in [0.2, 0.25) is 5.91 Å². The summed E-state index contributed by atoms with van der Waals surface area (Å²) < 4.78 is 11.0. The van der Waals surface area contributed by atoms with Crippen molar-refractivity contribution in [2.75, 3.05) is 52.5 Å². The molecule has 3 saturated heterocycles. The van der Waals surface area contributed by atoms with Gasteiger partial charge in [-0.2, -0.15) is 0 Å². The molecular weight excluding hydrogens is 388 g/mol. The Balaban J connectivity index is 1.63. The van der Waals surface area contributed by atoms with Crippen molar-refractivity contribution in [2.45, 2.75) is 58.2 Å². The summed E-state index contributed by atoms with van der Waals surface area (Å²) in [5, 5.41) is 5.76. The van der Waals surface area contributed by atoms with Crippen molar-refractivity contribution < 1.29 is 23.9 Å². The largest absolute Gasteiger partial charge is 0.378 e. The predicted octanol–water partition coefficient (Wildman–Crippen LogP) is 0.382. The molecule has 0 saturated carbocycles. The molecule has 3 aliphatic heterocycles. The number of urea groups is 1. The van der Waals surface area contributed by atoms with Gasteiger partial charge in [-0.1, -0.05) is 20.8 Å². The average molecular weight is 425 g/mol. The molecule has 3 fully saturated rings. The first kappa shape index (κ1) is 23.0. The number of likely N-dealkylation sites (tertiary alicyclic amines) is 1. The van der Waals surface area contributed by atoms with Gasteiger partial charge in [-0.25, -0.2) is 4.79 Å². The third kappa shape index (κ3) is 6.39. The van der Waals surface area contributed by atoms with E-state index in [4.69, 9.17) is 9.47 Å². The molecule has 2 N–H and O–H groups in total. The van der Waals surface area contributed by atoms with Gasteiger partial charge in [0.15, 0.2) is 5.78 Å². The topological polar surface area (TPSA) is 100 Å². The number of amides is 3. The van der Waals surface area contributed by atoms with E-state index in [1.807, 2.05) is 20.8 Å². The first-order valence-corrected chi connectivity index (χ1v) is 11.0. The molecule has 0 aromatic heterocycles. The van der Waals surface area contributed by atoms with Crippen LogP contribution in [0.4, 0.5) is 4.79 Å². The van der Waals surface area contributed by atoms with E-state index in [2.05, 4.69) is 15.5 Å². The number of nitrogens with zero attached hydrogens (tertiary/aromatic N) is 2. The molecule has 0 aliphatic carbocycles. The lowest BCUT2D eigenvalue weighted by Gasteiger charge is -2.32. The number of carbonyl (C=O) groups excluding carboxylic acids is 3. The Morgan fingerprint density at radius 1 is 1.13 bits per heavy atom. The summed E-state index contributed by atoms with van der Waals surface area (Å²) in [4.78, 5) is 42.1. The Hall–Kier alpha value is -1.71. The molecule has 3 rings (SSSR count). The third-order valence-corrected chi connectivity index (χ3v) is 5.82. The first-order valence-electron chi connectivity index (χ1n) is 11.0. The molecule has 3 atom stereocenters. The van der Waals surface area contributed by atoms with Crippen LogP contribution in [0.5, 0.6) is 0 Å². The number of ketones is 1. The van der Waals surface area contributed by atoms with Crippen molar-refractivity contribution in [3.05, 3.63) is 0 Å². The molecule has 0 spiro atoms. The summed E-state index contributed by atoms with van der Waals surface area (Å²) in [5.41, 5.74) is -0.175. The fourth-order valence-electron chi connectivity index (χ4n) is 4.22. The fraction of sp³-hybridized carbons (Fsp3) is 0.857. The van der Waals surface area contributed by atoms with Crippen molar-refractivity contribution in [3.8, 4) is 0 Å². The number of hydrogen-bond donors (Lipinski definition) is 2. The average Bonchev–Trinajstić information content (AvgIpc) is 3.32. The van der Waals surface area contributed by atoms with E-state index in [0.717, 1.165) is 25.9 Å². The van der Waals surface area contributed by atoms with Gasteiger partial charge in [0, 0.05) is 19.6 Å². The van der Waals surface area contributed by atoms with Gasteiger partial charge in [-0.15, -0.1) is 0 Å². The molecule has 0 radical (unpaired) electrons. The zero-order chi connectivity index (χ0) is 21.7. The van der Waals surface area contributed by atoms with Gasteiger partial charge < -0.3 is 29.9 Å². The molecule has 30 heavy (non-hydrogen) atoms. The van der Waals surface area contributed by atoms with E-state index in [-0.39, 0.29) is 35.8 Å². The number of rotatable bonds is 6. The molecule has 3 heterocycles. The molecule has 0 aromatic rings. The minimum absolute atomic E-state index is 0.0214. The minimum atomic E-state index is -0.721. The number of Topliss-reactive ketones (excluding diaryl/α,β-unsaturated/α-hetero) is 1. The molecule has 0 bridgehead atoms. The minimum Gasteiger partial charge on any atom is -0.378 e. The highest BCUT2D eigenvalue weighted by Crippen LogP contribution is 2.22. The second-order valence-corrected chi connectivity index (χ2v) is 9.68. The Morgan fingerprint density at radius 2 is 1.80 bits per heavy atom. The van der Waals surface area contributed by atoms with Gasteiger partial charge in [0.1, 0.15) is 18.7 Å². The van der Waals surface area contributed by atoms with E-state index in [9.17, 15) is 14.4 Å². The SMILES string of the molecule is CC(C)(C)C[C@H](NC(=O)N1CCOCC1)C(=O)NC1C(=O)COC1CN1CCCC1. The summed E-state index contributed by atoms with van der Waals surface area (Å²) >= 11 is 0. The molecule has 9 nitrogen and oxygen atoms in total.